The van der Waals surface area contributed by atoms with Crippen molar-refractivity contribution in [2.45, 2.75) is 26.0 Å². The van der Waals surface area contributed by atoms with Crippen molar-refractivity contribution in [3.63, 3.8) is 0 Å². The molecular formula is C12H19NO2. The van der Waals surface area contributed by atoms with E-state index in [4.69, 9.17) is 15.2 Å². The molecule has 0 saturated carbocycles. The first-order valence-corrected chi connectivity index (χ1v) is 5.14. The van der Waals surface area contributed by atoms with Crippen LogP contribution in [0.5, 0.6) is 5.75 Å². The highest BCUT2D eigenvalue weighted by molar-refractivity contribution is 5.28. The Bertz CT molecular complexity index is 282. The van der Waals surface area contributed by atoms with Crippen LogP contribution in [-0.2, 0) is 4.74 Å². The lowest BCUT2D eigenvalue weighted by atomic mass is 10.1. The highest BCUT2D eigenvalue weighted by Crippen LogP contribution is 2.16. The number of methoxy groups -OCH3 is 1. The SMILES string of the molecule is COC(C)COc1ccc([C@@H](C)N)cc1. The lowest BCUT2D eigenvalue weighted by Crippen LogP contribution is -2.15. The van der Waals surface area contributed by atoms with Crippen LogP contribution >= 0.6 is 0 Å². The Labute approximate surface area is 91.2 Å². The van der Waals surface area contributed by atoms with Crippen LogP contribution in [-0.4, -0.2) is 19.8 Å². The molecule has 0 aliphatic rings. The molecule has 2 N–H and O–H groups in total. The quantitative estimate of drug-likeness (QED) is 0.807. The molecular weight excluding hydrogens is 190 g/mol. The van der Waals surface area contributed by atoms with E-state index in [9.17, 15) is 0 Å². The first-order chi connectivity index (χ1) is 7.13. The van der Waals surface area contributed by atoms with Crippen molar-refractivity contribution >= 4 is 0 Å². The van der Waals surface area contributed by atoms with E-state index in [1.807, 2.05) is 38.1 Å². The molecule has 84 valence electrons. The summed E-state index contributed by atoms with van der Waals surface area (Å²) in [6, 6.07) is 7.90. The van der Waals surface area contributed by atoms with Gasteiger partial charge < -0.3 is 15.2 Å². The fourth-order valence-corrected chi connectivity index (χ4v) is 1.15. The fraction of sp³-hybridized carbons (Fsp3) is 0.500. The van der Waals surface area contributed by atoms with Gasteiger partial charge in [0.2, 0.25) is 0 Å². The smallest absolute Gasteiger partial charge is 0.119 e. The topological polar surface area (TPSA) is 44.5 Å². The minimum atomic E-state index is 0.0666. The molecule has 1 aromatic rings. The Morgan fingerprint density at radius 3 is 2.27 bits per heavy atom. The van der Waals surface area contributed by atoms with Crippen LogP contribution in [0.3, 0.4) is 0 Å². The molecule has 0 aromatic heterocycles. The summed E-state index contributed by atoms with van der Waals surface area (Å²) >= 11 is 0. The zero-order valence-electron chi connectivity index (χ0n) is 9.57. The maximum atomic E-state index is 5.75. The third-order valence-electron chi connectivity index (χ3n) is 2.29. The molecule has 0 radical (unpaired) electrons. The first-order valence-electron chi connectivity index (χ1n) is 5.14. The summed E-state index contributed by atoms with van der Waals surface area (Å²) in [5, 5.41) is 0. The van der Waals surface area contributed by atoms with Gasteiger partial charge in [-0.2, -0.15) is 0 Å². The molecule has 3 heteroatoms. The predicted molar refractivity (Wildman–Crippen MR) is 61.0 cm³/mol. The Balaban J connectivity index is 2.50. The van der Waals surface area contributed by atoms with Crippen LogP contribution in [0.25, 0.3) is 0 Å². The first kappa shape index (κ1) is 12.0. The zero-order valence-corrected chi connectivity index (χ0v) is 9.57. The summed E-state index contributed by atoms with van der Waals surface area (Å²) in [4.78, 5) is 0. The number of nitrogens with two attached hydrogens (primary N) is 1. The summed E-state index contributed by atoms with van der Waals surface area (Å²) in [6.45, 7) is 4.49. The van der Waals surface area contributed by atoms with Gasteiger partial charge in [-0.25, -0.2) is 0 Å². The summed E-state index contributed by atoms with van der Waals surface area (Å²) < 4.78 is 10.6. The molecule has 0 fully saturated rings. The normalized spacial score (nSPS) is 14.7. The minimum Gasteiger partial charge on any atom is -0.491 e. The molecule has 0 aliphatic heterocycles. The molecule has 3 nitrogen and oxygen atoms in total. The van der Waals surface area contributed by atoms with Gasteiger partial charge in [0.05, 0.1) is 6.10 Å². The van der Waals surface area contributed by atoms with E-state index < -0.39 is 0 Å². The Hall–Kier alpha value is -1.06. The molecule has 0 bridgehead atoms. The van der Waals surface area contributed by atoms with Gasteiger partial charge in [-0.05, 0) is 31.5 Å². The number of rotatable bonds is 5. The molecule has 0 aliphatic carbocycles. The third kappa shape index (κ3) is 3.90. The van der Waals surface area contributed by atoms with E-state index >= 15 is 0 Å². The van der Waals surface area contributed by atoms with Gasteiger partial charge in [0.15, 0.2) is 0 Å². The van der Waals surface area contributed by atoms with Crippen LogP contribution in [0.2, 0.25) is 0 Å². The van der Waals surface area contributed by atoms with Crippen LogP contribution in [0.4, 0.5) is 0 Å². The standard InChI is InChI=1S/C12H19NO2/c1-9(14-3)8-15-12-6-4-11(5-7-12)10(2)13/h4-7,9-10H,8,13H2,1-3H3/t9?,10-/m1/s1. The molecule has 1 rings (SSSR count). The summed E-state index contributed by atoms with van der Waals surface area (Å²) in [7, 11) is 1.67. The summed E-state index contributed by atoms with van der Waals surface area (Å²) in [6.07, 6.45) is 0.109. The lowest BCUT2D eigenvalue weighted by molar-refractivity contribution is 0.0716. The van der Waals surface area contributed by atoms with Crippen molar-refractivity contribution in [2.24, 2.45) is 5.73 Å². The van der Waals surface area contributed by atoms with Crippen LogP contribution in [0.15, 0.2) is 24.3 Å². The third-order valence-corrected chi connectivity index (χ3v) is 2.29. The van der Waals surface area contributed by atoms with Crippen molar-refractivity contribution in [1.82, 2.24) is 0 Å². The van der Waals surface area contributed by atoms with Gasteiger partial charge in [-0.1, -0.05) is 12.1 Å². The number of hydrogen-bond donors (Lipinski definition) is 1. The zero-order chi connectivity index (χ0) is 11.3. The van der Waals surface area contributed by atoms with Crippen LogP contribution in [0.1, 0.15) is 25.5 Å². The van der Waals surface area contributed by atoms with Crippen molar-refractivity contribution in [3.8, 4) is 5.75 Å². The van der Waals surface area contributed by atoms with Crippen molar-refractivity contribution in [1.29, 1.82) is 0 Å². The monoisotopic (exact) mass is 209 g/mol. The van der Waals surface area contributed by atoms with Crippen molar-refractivity contribution in [3.05, 3.63) is 29.8 Å². The van der Waals surface area contributed by atoms with E-state index in [0.717, 1.165) is 11.3 Å². The van der Waals surface area contributed by atoms with Gasteiger partial charge in [0.25, 0.3) is 0 Å². The second-order valence-electron chi connectivity index (χ2n) is 3.72. The number of ether oxygens (including phenoxy) is 2. The Kier molecular flexibility index (Phi) is 4.59. The van der Waals surface area contributed by atoms with E-state index in [2.05, 4.69) is 0 Å². The van der Waals surface area contributed by atoms with E-state index in [0.29, 0.717) is 6.61 Å². The maximum absolute atomic E-state index is 5.75. The van der Waals surface area contributed by atoms with Gasteiger partial charge in [0.1, 0.15) is 12.4 Å². The average Bonchev–Trinajstić information content (AvgIpc) is 2.26. The highest BCUT2D eigenvalue weighted by Gasteiger charge is 2.02. The number of hydrogen-bond acceptors (Lipinski definition) is 3. The Morgan fingerprint density at radius 2 is 1.80 bits per heavy atom. The van der Waals surface area contributed by atoms with Crippen LogP contribution in [0, 0.1) is 0 Å². The second kappa shape index (κ2) is 5.73. The minimum absolute atomic E-state index is 0.0666. The molecule has 0 spiro atoms. The Morgan fingerprint density at radius 1 is 1.20 bits per heavy atom. The van der Waals surface area contributed by atoms with E-state index in [1.54, 1.807) is 7.11 Å². The summed E-state index contributed by atoms with van der Waals surface area (Å²) in [5.41, 5.74) is 6.86. The van der Waals surface area contributed by atoms with Gasteiger partial charge in [-0.15, -0.1) is 0 Å². The number of benzene rings is 1. The van der Waals surface area contributed by atoms with Crippen LogP contribution < -0.4 is 10.5 Å². The molecule has 0 heterocycles. The van der Waals surface area contributed by atoms with Crippen molar-refractivity contribution in [2.75, 3.05) is 13.7 Å². The fourth-order valence-electron chi connectivity index (χ4n) is 1.15. The molecule has 1 unspecified atom stereocenters. The van der Waals surface area contributed by atoms with E-state index in [1.165, 1.54) is 0 Å². The molecule has 2 atom stereocenters. The molecule has 0 saturated heterocycles. The highest BCUT2D eigenvalue weighted by atomic mass is 16.5. The maximum Gasteiger partial charge on any atom is 0.119 e. The van der Waals surface area contributed by atoms with E-state index in [-0.39, 0.29) is 12.1 Å². The predicted octanol–water partition coefficient (Wildman–Crippen LogP) is 2.12. The summed E-state index contributed by atoms with van der Waals surface area (Å²) in [5.74, 6) is 0.850. The average molecular weight is 209 g/mol. The molecule has 0 amide bonds. The second-order valence-corrected chi connectivity index (χ2v) is 3.72. The molecule has 1 aromatic carbocycles. The van der Waals surface area contributed by atoms with Gasteiger partial charge >= 0.3 is 0 Å². The largest absolute Gasteiger partial charge is 0.491 e. The molecule has 15 heavy (non-hydrogen) atoms. The van der Waals surface area contributed by atoms with Crippen molar-refractivity contribution < 1.29 is 9.47 Å². The lowest BCUT2D eigenvalue weighted by Gasteiger charge is -2.12. The van der Waals surface area contributed by atoms with Gasteiger partial charge in [0, 0.05) is 13.2 Å². The van der Waals surface area contributed by atoms with Gasteiger partial charge in [-0.3, -0.25) is 0 Å².